The van der Waals surface area contributed by atoms with Crippen LogP contribution in [0.3, 0.4) is 0 Å². The Labute approximate surface area is 299 Å². The lowest BCUT2D eigenvalue weighted by Crippen LogP contribution is -2.30. The van der Waals surface area contributed by atoms with Crippen LogP contribution in [0.15, 0.2) is 83.4 Å². The molecule has 50 heavy (non-hydrogen) atoms. The van der Waals surface area contributed by atoms with Gasteiger partial charge in [-0.1, -0.05) is 31.2 Å². The molecule has 1 aromatic heterocycles. The van der Waals surface area contributed by atoms with E-state index in [2.05, 4.69) is 22.9 Å². The predicted molar refractivity (Wildman–Crippen MR) is 197 cm³/mol. The Kier molecular flexibility index (Phi) is 12.0. The third kappa shape index (κ3) is 8.74. The van der Waals surface area contributed by atoms with Crippen molar-refractivity contribution < 1.29 is 33.4 Å². The van der Waals surface area contributed by atoms with E-state index in [-0.39, 0.29) is 11.6 Å². The Balaban J connectivity index is 1.33. The molecular weight excluding hydrogens is 675 g/mol. The van der Waals surface area contributed by atoms with E-state index in [0.717, 1.165) is 34.6 Å². The molecule has 5 rings (SSSR count). The Morgan fingerprint density at radius 1 is 0.940 bits per heavy atom. The molecule has 12 heteroatoms. The molecular formula is C38H39N3O7S2. The number of esters is 1. The standard InChI is InChI=1S/C38H39N3O7S2/c1-22-14-16-29-32(18-22)50-37(33(29)38(45)48-5)41-34(42)23(2)49-28-13-9-12-26(21-28)39-36(44)30(40-35(43)24-10-7-6-8-11-24)20-25-19-27(46-3)15-17-31(25)47-4/h6-13,15,17,19-23H,14,16,18H2,1-5H3,(H,39,44)(H,40,43)(H,41,42)/b30-20+. The van der Waals surface area contributed by atoms with Crippen molar-refractivity contribution in [1.29, 1.82) is 0 Å². The van der Waals surface area contributed by atoms with Crippen LogP contribution in [-0.4, -0.2) is 50.3 Å². The molecule has 10 nitrogen and oxygen atoms in total. The zero-order valence-electron chi connectivity index (χ0n) is 28.5. The molecule has 1 aliphatic carbocycles. The third-order valence-corrected chi connectivity index (χ3v) is 10.4. The number of benzene rings is 3. The van der Waals surface area contributed by atoms with Gasteiger partial charge in [0.25, 0.3) is 11.8 Å². The maximum absolute atomic E-state index is 13.7. The summed E-state index contributed by atoms with van der Waals surface area (Å²) in [5.74, 6) is -0.214. The van der Waals surface area contributed by atoms with Gasteiger partial charge in [0.1, 0.15) is 22.2 Å². The molecule has 1 aliphatic rings. The molecule has 3 amide bonds. The number of carbonyl (C=O) groups excluding carboxylic acids is 4. The van der Waals surface area contributed by atoms with Gasteiger partial charge in [-0.2, -0.15) is 0 Å². The van der Waals surface area contributed by atoms with Crippen LogP contribution < -0.4 is 25.4 Å². The number of rotatable bonds is 12. The number of hydrogen-bond donors (Lipinski definition) is 3. The normalized spacial score (nSPS) is 14.5. The Morgan fingerprint density at radius 3 is 2.44 bits per heavy atom. The fraction of sp³-hybridized carbons (Fsp3) is 0.263. The van der Waals surface area contributed by atoms with E-state index >= 15 is 0 Å². The second-order valence-corrected chi connectivity index (χ2v) is 14.3. The van der Waals surface area contributed by atoms with Crippen molar-refractivity contribution in [2.24, 2.45) is 5.92 Å². The van der Waals surface area contributed by atoms with Gasteiger partial charge in [0, 0.05) is 26.6 Å². The van der Waals surface area contributed by atoms with Gasteiger partial charge in [0.15, 0.2) is 0 Å². The van der Waals surface area contributed by atoms with Gasteiger partial charge in [-0.25, -0.2) is 4.79 Å². The lowest BCUT2D eigenvalue weighted by atomic mass is 9.88. The number of thioether (sulfide) groups is 1. The summed E-state index contributed by atoms with van der Waals surface area (Å²) in [6, 6.07) is 20.8. The first-order chi connectivity index (χ1) is 24.1. The highest BCUT2D eigenvalue weighted by Gasteiger charge is 2.30. The number of carbonyl (C=O) groups is 4. The summed E-state index contributed by atoms with van der Waals surface area (Å²) in [4.78, 5) is 54.8. The van der Waals surface area contributed by atoms with E-state index in [1.165, 1.54) is 50.5 Å². The fourth-order valence-corrected chi connectivity index (χ4v) is 7.85. The number of methoxy groups -OCH3 is 3. The molecule has 0 aliphatic heterocycles. The molecule has 1 heterocycles. The highest BCUT2D eigenvalue weighted by molar-refractivity contribution is 8.00. The SMILES string of the molecule is COC(=O)c1c(NC(=O)C(C)Sc2cccc(NC(=O)/C(=C\c3cc(OC)ccc3OC)NC(=O)c3ccccc3)c2)sc2c1CCC(C)C2. The van der Waals surface area contributed by atoms with Gasteiger partial charge in [0.05, 0.1) is 32.1 Å². The molecule has 4 aromatic rings. The second kappa shape index (κ2) is 16.6. The van der Waals surface area contributed by atoms with E-state index in [4.69, 9.17) is 14.2 Å². The van der Waals surface area contributed by atoms with Crippen molar-refractivity contribution in [2.45, 2.75) is 43.3 Å². The third-order valence-electron chi connectivity index (χ3n) is 8.18. The average molecular weight is 714 g/mol. The quantitative estimate of drug-likeness (QED) is 0.0798. The first-order valence-corrected chi connectivity index (χ1v) is 17.7. The van der Waals surface area contributed by atoms with Gasteiger partial charge >= 0.3 is 5.97 Å². The highest BCUT2D eigenvalue weighted by atomic mass is 32.2. The number of thiophene rings is 1. The summed E-state index contributed by atoms with van der Waals surface area (Å²) in [6.07, 6.45) is 4.14. The number of hydrogen-bond acceptors (Lipinski definition) is 9. The maximum atomic E-state index is 13.7. The molecule has 260 valence electrons. The van der Waals surface area contributed by atoms with Gasteiger partial charge in [-0.15, -0.1) is 23.1 Å². The number of anilines is 2. The first kappa shape index (κ1) is 36.2. The Bertz CT molecular complexity index is 1920. The van der Waals surface area contributed by atoms with Crippen molar-refractivity contribution in [3.8, 4) is 11.5 Å². The van der Waals surface area contributed by atoms with Crippen molar-refractivity contribution in [1.82, 2.24) is 5.32 Å². The van der Waals surface area contributed by atoms with Crippen molar-refractivity contribution in [2.75, 3.05) is 32.0 Å². The van der Waals surface area contributed by atoms with E-state index in [1.807, 2.05) is 6.07 Å². The molecule has 3 N–H and O–H groups in total. The molecule has 0 radical (unpaired) electrons. The monoisotopic (exact) mass is 713 g/mol. The lowest BCUT2D eigenvalue weighted by Gasteiger charge is -2.18. The number of fused-ring (bicyclic) bond motifs is 1. The molecule has 0 saturated heterocycles. The minimum absolute atomic E-state index is 0.0225. The summed E-state index contributed by atoms with van der Waals surface area (Å²) in [5.41, 5.74) is 2.75. The number of nitrogens with one attached hydrogen (secondary N) is 3. The topological polar surface area (TPSA) is 132 Å². The molecule has 2 atom stereocenters. The summed E-state index contributed by atoms with van der Waals surface area (Å²) in [6.45, 7) is 3.96. The molecule has 0 fully saturated rings. The fourth-order valence-electron chi connectivity index (χ4n) is 5.52. The van der Waals surface area contributed by atoms with Gasteiger partial charge in [-0.3, -0.25) is 14.4 Å². The lowest BCUT2D eigenvalue weighted by molar-refractivity contribution is -0.115. The molecule has 2 unspecified atom stereocenters. The molecule has 0 spiro atoms. The van der Waals surface area contributed by atoms with Crippen molar-refractivity contribution in [3.05, 3.63) is 106 Å². The zero-order valence-corrected chi connectivity index (χ0v) is 30.1. The maximum Gasteiger partial charge on any atom is 0.341 e. The number of amides is 3. The van der Waals surface area contributed by atoms with E-state index < -0.39 is 23.0 Å². The summed E-state index contributed by atoms with van der Waals surface area (Å²) >= 11 is 2.75. The van der Waals surface area contributed by atoms with Crippen LogP contribution in [0.4, 0.5) is 10.7 Å². The minimum atomic E-state index is -0.571. The van der Waals surface area contributed by atoms with Crippen LogP contribution in [0.2, 0.25) is 0 Å². The Hall–Kier alpha value is -5.07. The van der Waals surface area contributed by atoms with Crippen LogP contribution in [0.5, 0.6) is 11.5 Å². The van der Waals surface area contributed by atoms with Crippen molar-refractivity contribution in [3.63, 3.8) is 0 Å². The minimum Gasteiger partial charge on any atom is -0.497 e. The predicted octanol–water partition coefficient (Wildman–Crippen LogP) is 7.21. The molecule has 3 aromatic carbocycles. The van der Waals surface area contributed by atoms with Crippen LogP contribution in [0.25, 0.3) is 6.08 Å². The van der Waals surface area contributed by atoms with Crippen LogP contribution >= 0.6 is 23.1 Å². The van der Waals surface area contributed by atoms with Crippen LogP contribution in [0, 0.1) is 5.92 Å². The van der Waals surface area contributed by atoms with Gasteiger partial charge < -0.3 is 30.2 Å². The summed E-state index contributed by atoms with van der Waals surface area (Å²) in [5, 5.41) is 8.55. The van der Waals surface area contributed by atoms with E-state index in [0.29, 0.717) is 44.8 Å². The van der Waals surface area contributed by atoms with Crippen LogP contribution in [-0.2, 0) is 27.2 Å². The largest absolute Gasteiger partial charge is 0.497 e. The zero-order chi connectivity index (χ0) is 35.8. The van der Waals surface area contributed by atoms with E-state index in [9.17, 15) is 19.2 Å². The van der Waals surface area contributed by atoms with Crippen molar-refractivity contribution >= 4 is 63.6 Å². The van der Waals surface area contributed by atoms with Gasteiger partial charge in [0.2, 0.25) is 5.91 Å². The second-order valence-electron chi connectivity index (χ2n) is 11.8. The van der Waals surface area contributed by atoms with Gasteiger partial charge in [-0.05, 0) is 92.3 Å². The Morgan fingerprint density at radius 2 is 1.72 bits per heavy atom. The number of ether oxygens (including phenoxy) is 3. The summed E-state index contributed by atoms with van der Waals surface area (Å²) < 4.78 is 15.9. The first-order valence-electron chi connectivity index (χ1n) is 16.0. The van der Waals surface area contributed by atoms with Crippen LogP contribution in [0.1, 0.15) is 57.0 Å². The molecule has 0 saturated carbocycles. The van der Waals surface area contributed by atoms with E-state index in [1.54, 1.807) is 73.7 Å². The highest BCUT2D eigenvalue weighted by Crippen LogP contribution is 2.40. The smallest absolute Gasteiger partial charge is 0.341 e. The average Bonchev–Trinajstić information content (AvgIpc) is 3.47. The molecule has 0 bridgehead atoms. The summed E-state index contributed by atoms with van der Waals surface area (Å²) in [7, 11) is 4.39.